The van der Waals surface area contributed by atoms with Gasteiger partial charge in [0.2, 0.25) is 5.88 Å². The van der Waals surface area contributed by atoms with Crippen molar-refractivity contribution in [2.24, 2.45) is 0 Å². The third-order valence-electron chi connectivity index (χ3n) is 8.42. The molecule has 0 amide bonds. The first-order valence-electron chi connectivity index (χ1n) is 14.7. The van der Waals surface area contributed by atoms with Gasteiger partial charge in [-0.3, -0.25) is 4.90 Å². The van der Waals surface area contributed by atoms with E-state index in [0.29, 0.717) is 42.5 Å². The Balaban J connectivity index is 1.12. The van der Waals surface area contributed by atoms with Crippen molar-refractivity contribution >= 4 is 17.0 Å². The van der Waals surface area contributed by atoms with E-state index >= 15 is 0 Å². The standard InChI is InChI=1S/C32H32F4N4O5/c1-43-27-14-21(31(41)42)13-26-30(27)38-28(40(26)16-23-9-12-44-23)17-39-10-7-19(8-11-39)25-3-2-4-29(37-25)45-18-20-5-6-22(15-24(20)33)32(34,35)36/h2-6,13-15,19,23H,7-12,16-18H2,1H3,(H,41,42). The van der Waals surface area contributed by atoms with Crippen LogP contribution >= 0.6 is 0 Å². The number of methoxy groups -OCH3 is 1. The average molecular weight is 629 g/mol. The number of piperidine rings is 1. The highest BCUT2D eigenvalue weighted by atomic mass is 19.4. The molecule has 0 saturated carbocycles. The monoisotopic (exact) mass is 628 g/mol. The lowest BCUT2D eigenvalue weighted by Crippen LogP contribution is -2.35. The van der Waals surface area contributed by atoms with E-state index in [0.717, 1.165) is 56.0 Å². The van der Waals surface area contributed by atoms with E-state index in [1.807, 2.05) is 10.6 Å². The molecule has 13 heteroatoms. The molecule has 2 saturated heterocycles. The van der Waals surface area contributed by atoms with Gasteiger partial charge in [-0.2, -0.15) is 13.2 Å². The summed E-state index contributed by atoms with van der Waals surface area (Å²) in [5, 5.41) is 9.64. The van der Waals surface area contributed by atoms with Crippen molar-refractivity contribution in [3.05, 3.63) is 82.6 Å². The van der Waals surface area contributed by atoms with Crippen LogP contribution in [0.2, 0.25) is 0 Å². The van der Waals surface area contributed by atoms with Crippen LogP contribution < -0.4 is 9.47 Å². The number of carboxylic acids is 1. The number of aromatic carboxylic acids is 1. The number of likely N-dealkylation sites (tertiary alicyclic amines) is 1. The lowest BCUT2D eigenvalue weighted by molar-refractivity contribution is -0.137. The second-order valence-electron chi connectivity index (χ2n) is 11.3. The Kier molecular flexibility index (Phi) is 8.65. The summed E-state index contributed by atoms with van der Waals surface area (Å²) >= 11 is 0. The number of nitrogens with zero attached hydrogens (tertiary/aromatic N) is 4. The average Bonchev–Trinajstić information content (AvgIpc) is 3.34. The van der Waals surface area contributed by atoms with Gasteiger partial charge in [0.1, 0.15) is 29.5 Å². The van der Waals surface area contributed by atoms with Crippen molar-refractivity contribution in [3.63, 3.8) is 0 Å². The minimum Gasteiger partial charge on any atom is -0.494 e. The molecule has 2 aromatic carbocycles. The Labute approximate surface area is 256 Å². The molecule has 238 valence electrons. The van der Waals surface area contributed by atoms with Gasteiger partial charge in [-0.15, -0.1) is 0 Å². The number of hydrogen-bond donors (Lipinski definition) is 1. The molecule has 1 N–H and O–H groups in total. The predicted molar refractivity (Wildman–Crippen MR) is 155 cm³/mol. The van der Waals surface area contributed by atoms with Gasteiger partial charge in [0.25, 0.3) is 0 Å². The SMILES string of the molecule is COc1cc(C(=O)O)cc2c1nc(CN1CCC(c3cccc(OCc4ccc(C(F)(F)F)cc4F)n3)CC1)n2CC1CCO1. The van der Waals surface area contributed by atoms with Crippen molar-refractivity contribution < 1.29 is 41.7 Å². The van der Waals surface area contributed by atoms with E-state index in [4.69, 9.17) is 19.2 Å². The van der Waals surface area contributed by atoms with Gasteiger partial charge in [-0.1, -0.05) is 12.1 Å². The summed E-state index contributed by atoms with van der Waals surface area (Å²) < 4.78 is 71.7. The summed E-state index contributed by atoms with van der Waals surface area (Å²) in [5.74, 6) is -0.371. The Hall–Kier alpha value is -4.23. The molecule has 0 bridgehead atoms. The lowest BCUT2D eigenvalue weighted by Gasteiger charge is -2.32. The molecule has 1 atom stereocenters. The molecule has 45 heavy (non-hydrogen) atoms. The molecule has 0 aliphatic carbocycles. The first-order chi connectivity index (χ1) is 21.6. The third kappa shape index (κ3) is 6.74. The third-order valence-corrected chi connectivity index (χ3v) is 8.42. The highest BCUT2D eigenvalue weighted by Crippen LogP contribution is 2.33. The molecule has 0 spiro atoms. The van der Waals surface area contributed by atoms with Crippen molar-refractivity contribution in [1.29, 1.82) is 0 Å². The van der Waals surface area contributed by atoms with E-state index in [2.05, 4.69) is 9.88 Å². The summed E-state index contributed by atoms with van der Waals surface area (Å²) in [4.78, 5) is 23.6. The second kappa shape index (κ2) is 12.6. The van der Waals surface area contributed by atoms with Crippen molar-refractivity contribution in [2.75, 3.05) is 26.8 Å². The van der Waals surface area contributed by atoms with Crippen molar-refractivity contribution in [2.45, 2.75) is 57.2 Å². The molecule has 2 fully saturated rings. The predicted octanol–water partition coefficient (Wildman–Crippen LogP) is 6.04. The summed E-state index contributed by atoms with van der Waals surface area (Å²) in [6.07, 6.45) is -2.01. The van der Waals surface area contributed by atoms with Crippen LogP contribution in [0.15, 0.2) is 48.5 Å². The molecular formula is C32H32F4N4O5. The molecule has 6 rings (SSSR count). The topological polar surface area (TPSA) is 98.9 Å². The van der Waals surface area contributed by atoms with E-state index < -0.39 is 23.5 Å². The Morgan fingerprint density at radius 2 is 1.87 bits per heavy atom. The van der Waals surface area contributed by atoms with Gasteiger partial charge in [0.05, 0.1) is 42.9 Å². The number of ether oxygens (including phenoxy) is 3. The number of halogens is 4. The summed E-state index contributed by atoms with van der Waals surface area (Å²) in [7, 11) is 1.50. The maximum atomic E-state index is 14.3. The fourth-order valence-electron chi connectivity index (χ4n) is 5.79. The smallest absolute Gasteiger partial charge is 0.416 e. The van der Waals surface area contributed by atoms with E-state index in [9.17, 15) is 27.5 Å². The lowest BCUT2D eigenvalue weighted by atomic mass is 9.93. The Morgan fingerprint density at radius 1 is 1.09 bits per heavy atom. The second-order valence-corrected chi connectivity index (χ2v) is 11.3. The van der Waals surface area contributed by atoms with Gasteiger partial charge >= 0.3 is 12.1 Å². The maximum Gasteiger partial charge on any atom is 0.416 e. The summed E-state index contributed by atoms with van der Waals surface area (Å²) in [6.45, 7) is 3.14. The fraction of sp³-hybridized carbons (Fsp3) is 0.406. The number of rotatable bonds is 10. The van der Waals surface area contributed by atoms with Crippen molar-refractivity contribution in [1.82, 2.24) is 19.4 Å². The number of carbonyl (C=O) groups is 1. The van der Waals surface area contributed by atoms with Crippen LogP contribution in [0.25, 0.3) is 11.0 Å². The number of benzene rings is 2. The van der Waals surface area contributed by atoms with Crippen molar-refractivity contribution in [3.8, 4) is 11.6 Å². The zero-order valence-corrected chi connectivity index (χ0v) is 24.5. The number of imidazole rings is 1. The minimum absolute atomic E-state index is 0.00945. The summed E-state index contributed by atoms with van der Waals surface area (Å²) in [5.41, 5.74) is 1.24. The van der Waals surface area contributed by atoms with E-state index in [1.165, 1.54) is 13.2 Å². The van der Waals surface area contributed by atoms with Gasteiger partial charge < -0.3 is 23.9 Å². The molecule has 2 aliphatic rings. The Bertz CT molecular complexity index is 1700. The van der Waals surface area contributed by atoms with Crippen LogP contribution in [0.3, 0.4) is 0 Å². The van der Waals surface area contributed by atoms with Gasteiger partial charge in [-0.25, -0.2) is 19.2 Å². The van der Waals surface area contributed by atoms with Crippen LogP contribution in [0.1, 0.15) is 58.2 Å². The fourth-order valence-corrected chi connectivity index (χ4v) is 5.79. The molecule has 0 radical (unpaired) electrons. The largest absolute Gasteiger partial charge is 0.494 e. The zero-order chi connectivity index (χ0) is 31.7. The van der Waals surface area contributed by atoms with Gasteiger partial charge in [0.15, 0.2) is 0 Å². The number of fused-ring (bicyclic) bond motifs is 1. The first kappa shape index (κ1) is 30.8. The Morgan fingerprint density at radius 3 is 2.51 bits per heavy atom. The highest BCUT2D eigenvalue weighted by Gasteiger charge is 2.31. The zero-order valence-electron chi connectivity index (χ0n) is 24.5. The van der Waals surface area contributed by atoms with Crippen LogP contribution in [-0.4, -0.2) is 63.4 Å². The number of alkyl halides is 3. The molecule has 1 unspecified atom stereocenters. The van der Waals surface area contributed by atoms with Crippen LogP contribution in [0.4, 0.5) is 17.6 Å². The van der Waals surface area contributed by atoms with Crippen LogP contribution in [0.5, 0.6) is 11.6 Å². The maximum absolute atomic E-state index is 14.3. The van der Waals surface area contributed by atoms with Gasteiger partial charge in [-0.05, 0) is 62.7 Å². The molecule has 2 aliphatic heterocycles. The molecule has 9 nitrogen and oxygen atoms in total. The van der Waals surface area contributed by atoms with Gasteiger partial charge in [0, 0.05) is 29.8 Å². The van der Waals surface area contributed by atoms with E-state index in [-0.39, 0.29) is 35.6 Å². The number of aromatic nitrogens is 3. The number of pyridine rings is 1. The normalized spacial score (nSPS) is 17.8. The summed E-state index contributed by atoms with van der Waals surface area (Å²) in [6, 6.07) is 10.9. The van der Waals surface area contributed by atoms with Crippen LogP contribution in [0, 0.1) is 5.82 Å². The minimum atomic E-state index is -4.62. The first-order valence-corrected chi connectivity index (χ1v) is 14.7. The van der Waals surface area contributed by atoms with E-state index in [1.54, 1.807) is 18.2 Å². The molecule has 2 aromatic heterocycles. The number of carboxylic acid groups (broad SMARTS) is 1. The highest BCUT2D eigenvalue weighted by molar-refractivity contribution is 5.95. The number of hydrogen-bond acceptors (Lipinski definition) is 7. The molecular weight excluding hydrogens is 596 g/mol. The quantitative estimate of drug-likeness (QED) is 0.212. The van der Waals surface area contributed by atoms with Crippen LogP contribution in [-0.2, 0) is 30.6 Å². The molecule has 4 aromatic rings. The molecule has 4 heterocycles.